The molecule has 0 spiro atoms. The van der Waals surface area contributed by atoms with Crippen molar-refractivity contribution in [2.24, 2.45) is 0 Å². The maximum atomic E-state index is 11.4. The van der Waals surface area contributed by atoms with Gasteiger partial charge in [-0.15, -0.1) is 0 Å². The third kappa shape index (κ3) is 5.03. The Balaban J connectivity index is 1.74. The van der Waals surface area contributed by atoms with E-state index < -0.39 is 0 Å². The summed E-state index contributed by atoms with van der Waals surface area (Å²) in [5.41, 5.74) is 5.61. The van der Waals surface area contributed by atoms with Crippen LogP contribution in [0.4, 0.5) is 0 Å². The summed E-state index contributed by atoms with van der Waals surface area (Å²) in [5, 5.41) is 0. The molecule has 0 fully saturated rings. The second-order valence-corrected chi connectivity index (χ2v) is 8.98. The van der Waals surface area contributed by atoms with Crippen LogP contribution in [-0.4, -0.2) is 22.5 Å². The summed E-state index contributed by atoms with van der Waals surface area (Å²) >= 11 is 0. The van der Waals surface area contributed by atoms with E-state index in [1.54, 1.807) is 19.3 Å². The van der Waals surface area contributed by atoms with Gasteiger partial charge in [0.2, 0.25) is 0 Å². The Bertz CT molecular complexity index is 947. The second kappa shape index (κ2) is 8.37. The summed E-state index contributed by atoms with van der Waals surface area (Å²) in [6.07, 6.45) is 6.57. The smallest absolute Gasteiger partial charge is 0.306 e. The summed E-state index contributed by atoms with van der Waals surface area (Å²) in [6.45, 7) is 11.5. The molecule has 0 amide bonds. The number of benzene rings is 1. The van der Waals surface area contributed by atoms with E-state index >= 15 is 0 Å². The Hall–Kier alpha value is -2.67. The van der Waals surface area contributed by atoms with Crippen molar-refractivity contribution in [3.05, 3.63) is 58.7 Å². The van der Waals surface area contributed by atoms with Gasteiger partial charge in [0.1, 0.15) is 5.69 Å². The van der Waals surface area contributed by atoms with Crippen molar-refractivity contribution in [1.82, 2.24) is 9.97 Å². The number of carbonyl (C=O) groups excluding carboxylic acids is 1. The molecule has 1 heterocycles. The number of carbonyl (C=O) groups is 1. The van der Waals surface area contributed by atoms with Crippen molar-refractivity contribution in [2.75, 3.05) is 6.61 Å². The second-order valence-electron chi connectivity index (χ2n) is 8.98. The molecule has 4 heteroatoms. The summed E-state index contributed by atoms with van der Waals surface area (Å²) in [5.74, 6) is 6.14. The molecule has 29 heavy (non-hydrogen) atoms. The molecule has 0 saturated carbocycles. The molecule has 4 nitrogen and oxygen atoms in total. The fourth-order valence-corrected chi connectivity index (χ4v) is 3.81. The maximum absolute atomic E-state index is 11.4. The van der Waals surface area contributed by atoms with Gasteiger partial charge in [-0.3, -0.25) is 9.78 Å². The number of nitrogens with zero attached hydrogens (tertiary/aromatic N) is 2. The minimum atomic E-state index is -0.211. The van der Waals surface area contributed by atoms with Crippen LogP contribution in [0.5, 0.6) is 0 Å². The molecule has 2 aromatic rings. The lowest BCUT2D eigenvalue weighted by molar-refractivity contribution is -0.143. The average Bonchev–Trinajstić information content (AvgIpc) is 2.69. The van der Waals surface area contributed by atoms with Crippen molar-refractivity contribution in [3.63, 3.8) is 0 Å². The van der Waals surface area contributed by atoms with Gasteiger partial charge in [-0.05, 0) is 59.8 Å². The lowest BCUT2D eigenvalue weighted by Gasteiger charge is -2.41. The molecule has 0 bridgehead atoms. The Morgan fingerprint density at radius 2 is 1.76 bits per heavy atom. The van der Waals surface area contributed by atoms with Gasteiger partial charge >= 0.3 is 5.97 Å². The van der Waals surface area contributed by atoms with Crippen LogP contribution in [0.15, 0.2) is 30.6 Å². The summed E-state index contributed by atoms with van der Waals surface area (Å²) in [7, 11) is 0. The SMILES string of the molecule is CCOC(=O)CCc1cnc(C#Cc2ccc3c(c2)C(C)(C)CCC3(C)C)cn1. The zero-order valence-corrected chi connectivity index (χ0v) is 18.1. The minimum absolute atomic E-state index is 0.170. The first-order valence-corrected chi connectivity index (χ1v) is 10.3. The molecular formula is C25H30N2O2. The molecule has 1 aliphatic carbocycles. The highest BCUT2D eigenvalue weighted by Crippen LogP contribution is 2.45. The van der Waals surface area contributed by atoms with Gasteiger partial charge in [0.15, 0.2) is 0 Å². The topological polar surface area (TPSA) is 52.1 Å². The van der Waals surface area contributed by atoms with Crippen LogP contribution in [0.1, 0.15) is 82.0 Å². The number of fused-ring (bicyclic) bond motifs is 1. The van der Waals surface area contributed by atoms with E-state index in [4.69, 9.17) is 4.74 Å². The third-order valence-corrected chi connectivity index (χ3v) is 5.78. The molecule has 0 saturated heterocycles. The number of rotatable bonds is 4. The molecule has 1 aliphatic rings. The van der Waals surface area contributed by atoms with E-state index in [0.717, 1.165) is 11.3 Å². The largest absolute Gasteiger partial charge is 0.466 e. The lowest BCUT2D eigenvalue weighted by Crippen LogP contribution is -2.33. The molecule has 0 unspecified atom stereocenters. The first-order valence-electron chi connectivity index (χ1n) is 10.3. The highest BCUT2D eigenvalue weighted by atomic mass is 16.5. The molecule has 0 atom stereocenters. The summed E-state index contributed by atoms with van der Waals surface area (Å²) < 4.78 is 4.93. The van der Waals surface area contributed by atoms with E-state index in [0.29, 0.717) is 25.1 Å². The van der Waals surface area contributed by atoms with Crippen LogP contribution in [0, 0.1) is 11.8 Å². The van der Waals surface area contributed by atoms with Crippen molar-refractivity contribution in [1.29, 1.82) is 0 Å². The zero-order valence-electron chi connectivity index (χ0n) is 18.1. The van der Waals surface area contributed by atoms with Gasteiger partial charge in [0.25, 0.3) is 0 Å². The van der Waals surface area contributed by atoms with Gasteiger partial charge < -0.3 is 4.74 Å². The number of aryl methyl sites for hydroxylation is 1. The standard InChI is InChI=1S/C25H30N2O2/c1-6-29-23(28)12-10-20-17-26-19(16-27-20)9-7-18-8-11-21-22(15-18)25(4,5)14-13-24(21,2)3/h8,11,15-17H,6,10,12-14H2,1-5H3. The zero-order chi connectivity index (χ0) is 21.1. The van der Waals surface area contributed by atoms with Crippen molar-refractivity contribution in [2.45, 2.75) is 71.1 Å². The highest BCUT2D eigenvalue weighted by molar-refractivity contribution is 5.69. The molecule has 1 aromatic heterocycles. The van der Waals surface area contributed by atoms with Crippen molar-refractivity contribution in [3.8, 4) is 11.8 Å². The van der Waals surface area contributed by atoms with Gasteiger partial charge in [0.05, 0.1) is 24.9 Å². The summed E-state index contributed by atoms with van der Waals surface area (Å²) in [4.78, 5) is 20.2. The number of ether oxygens (including phenoxy) is 1. The molecule has 3 rings (SSSR count). The molecule has 0 aliphatic heterocycles. The monoisotopic (exact) mass is 390 g/mol. The fourth-order valence-electron chi connectivity index (χ4n) is 3.81. The van der Waals surface area contributed by atoms with Crippen molar-refractivity contribution >= 4 is 5.97 Å². The minimum Gasteiger partial charge on any atom is -0.466 e. The van der Waals surface area contributed by atoms with Gasteiger partial charge in [-0.25, -0.2) is 4.98 Å². The lowest BCUT2D eigenvalue weighted by atomic mass is 9.63. The fraction of sp³-hybridized carbons (Fsp3) is 0.480. The van der Waals surface area contributed by atoms with E-state index in [1.165, 1.54) is 24.0 Å². The molecule has 0 N–H and O–H groups in total. The van der Waals surface area contributed by atoms with E-state index in [9.17, 15) is 4.79 Å². The molecule has 0 radical (unpaired) electrons. The summed E-state index contributed by atoms with van der Waals surface area (Å²) in [6, 6.07) is 6.59. The Morgan fingerprint density at radius 1 is 1.03 bits per heavy atom. The van der Waals surface area contributed by atoms with Crippen LogP contribution >= 0.6 is 0 Å². The molecule has 152 valence electrons. The predicted octanol–water partition coefficient (Wildman–Crippen LogP) is 4.72. The first kappa shape index (κ1) is 21.0. The Morgan fingerprint density at radius 3 is 2.41 bits per heavy atom. The average molecular weight is 391 g/mol. The first-order chi connectivity index (χ1) is 13.7. The predicted molar refractivity (Wildman–Crippen MR) is 115 cm³/mol. The van der Waals surface area contributed by atoms with Crippen LogP contribution in [0.2, 0.25) is 0 Å². The number of hydrogen-bond acceptors (Lipinski definition) is 4. The van der Waals surface area contributed by atoms with E-state index in [2.05, 4.69) is 67.7 Å². The quantitative estimate of drug-likeness (QED) is 0.560. The molecular weight excluding hydrogens is 360 g/mol. The van der Waals surface area contributed by atoms with E-state index in [1.807, 2.05) is 0 Å². The number of esters is 1. The van der Waals surface area contributed by atoms with Gasteiger partial charge in [-0.2, -0.15) is 0 Å². The van der Waals surface area contributed by atoms with Crippen LogP contribution in [0.3, 0.4) is 0 Å². The van der Waals surface area contributed by atoms with Gasteiger partial charge in [-0.1, -0.05) is 39.7 Å². The Labute approximate surface area is 174 Å². The van der Waals surface area contributed by atoms with Crippen LogP contribution in [0.25, 0.3) is 0 Å². The normalized spacial score (nSPS) is 16.3. The van der Waals surface area contributed by atoms with Crippen LogP contribution in [-0.2, 0) is 26.8 Å². The maximum Gasteiger partial charge on any atom is 0.306 e. The Kier molecular flexibility index (Phi) is 6.07. The van der Waals surface area contributed by atoms with Crippen LogP contribution < -0.4 is 0 Å². The third-order valence-electron chi connectivity index (χ3n) is 5.78. The van der Waals surface area contributed by atoms with Gasteiger partial charge in [0, 0.05) is 18.2 Å². The van der Waals surface area contributed by atoms with E-state index in [-0.39, 0.29) is 16.8 Å². The number of hydrogen-bond donors (Lipinski definition) is 0. The van der Waals surface area contributed by atoms with Crippen molar-refractivity contribution < 1.29 is 9.53 Å². The highest BCUT2D eigenvalue weighted by Gasteiger charge is 2.36. The number of aromatic nitrogens is 2. The molecule has 1 aromatic carbocycles.